The molecule has 1 aromatic heterocycles. The molecular weight excluding hydrogens is 290 g/mol. The second-order valence-corrected chi connectivity index (χ2v) is 8.41. The van der Waals surface area contributed by atoms with Crippen LogP contribution in [-0.2, 0) is 28.4 Å². The molecular formula is C15H17NO2S2. The summed E-state index contributed by atoms with van der Waals surface area (Å²) in [6.45, 7) is 2.16. The topological polar surface area (TPSA) is 47.0 Å². The Morgan fingerprint density at radius 1 is 1.30 bits per heavy atom. The summed E-state index contributed by atoms with van der Waals surface area (Å²) in [6.07, 6.45) is 2.68. The van der Waals surface area contributed by atoms with Crippen LogP contribution in [0.4, 0.5) is 0 Å². The number of hydrogen-bond donors (Lipinski definition) is 0. The normalized spacial score (nSPS) is 16.9. The molecule has 3 rings (SSSR count). The zero-order valence-electron chi connectivity index (χ0n) is 11.4. The van der Waals surface area contributed by atoms with Crippen molar-refractivity contribution in [2.45, 2.75) is 31.9 Å². The molecule has 1 aliphatic rings. The fourth-order valence-electron chi connectivity index (χ4n) is 2.55. The van der Waals surface area contributed by atoms with Gasteiger partial charge in [0.1, 0.15) is 5.01 Å². The van der Waals surface area contributed by atoms with E-state index in [0.29, 0.717) is 6.42 Å². The Bertz CT molecular complexity index is 732. The smallest absolute Gasteiger partial charge is 0.155 e. The van der Waals surface area contributed by atoms with Crippen LogP contribution in [-0.4, -0.2) is 19.2 Å². The van der Waals surface area contributed by atoms with Gasteiger partial charge in [0.15, 0.2) is 9.84 Å². The lowest BCUT2D eigenvalue weighted by Crippen LogP contribution is -2.17. The average Bonchev–Trinajstić information content (AvgIpc) is 2.81. The summed E-state index contributed by atoms with van der Waals surface area (Å²) >= 11 is 1.54. The Kier molecular flexibility index (Phi) is 3.65. The summed E-state index contributed by atoms with van der Waals surface area (Å²) in [4.78, 5) is 5.61. The molecule has 1 aliphatic heterocycles. The van der Waals surface area contributed by atoms with Crippen molar-refractivity contribution < 1.29 is 8.42 Å². The quantitative estimate of drug-likeness (QED) is 0.874. The first-order chi connectivity index (χ1) is 9.59. The summed E-state index contributed by atoms with van der Waals surface area (Å²) in [5, 5.41) is 0.969. The summed E-state index contributed by atoms with van der Waals surface area (Å²) in [5.74, 6) is 0.399. The maximum Gasteiger partial charge on any atom is 0.155 e. The van der Waals surface area contributed by atoms with E-state index in [-0.39, 0.29) is 11.5 Å². The van der Waals surface area contributed by atoms with Gasteiger partial charge in [-0.05, 0) is 12.0 Å². The third-order valence-corrected chi connectivity index (χ3v) is 6.41. The summed E-state index contributed by atoms with van der Waals surface area (Å²) in [6, 6.07) is 8.29. The molecule has 0 unspecified atom stereocenters. The molecule has 0 N–H and O–H groups in total. The van der Waals surface area contributed by atoms with E-state index in [4.69, 9.17) is 0 Å². The molecule has 2 aromatic rings. The highest BCUT2D eigenvalue weighted by atomic mass is 32.2. The van der Waals surface area contributed by atoms with Crippen LogP contribution in [0.2, 0.25) is 0 Å². The molecule has 0 amide bonds. The van der Waals surface area contributed by atoms with Gasteiger partial charge in [-0.2, -0.15) is 0 Å². The first-order valence-corrected chi connectivity index (χ1v) is 9.50. The Hall–Kier alpha value is -1.20. The highest BCUT2D eigenvalue weighted by molar-refractivity contribution is 7.90. The number of nitrogens with zero attached hydrogens (tertiary/aromatic N) is 1. The second kappa shape index (κ2) is 5.30. The molecule has 0 bridgehead atoms. The molecule has 1 aromatic carbocycles. The summed E-state index contributed by atoms with van der Waals surface area (Å²) < 4.78 is 23.4. The van der Waals surface area contributed by atoms with Crippen LogP contribution in [0.3, 0.4) is 0 Å². The van der Waals surface area contributed by atoms with Crippen LogP contribution in [0.5, 0.6) is 0 Å². The van der Waals surface area contributed by atoms with Crippen molar-refractivity contribution in [3.63, 3.8) is 0 Å². The van der Waals surface area contributed by atoms with Crippen molar-refractivity contribution in [2.24, 2.45) is 0 Å². The van der Waals surface area contributed by atoms with Gasteiger partial charge in [0.05, 0.1) is 17.2 Å². The highest BCUT2D eigenvalue weighted by Gasteiger charge is 2.25. The molecule has 0 atom stereocenters. The van der Waals surface area contributed by atoms with Gasteiger partial charge in [-0.3, -0.25) is 0 Å². The Morgan fingerprint density at radius 2 is 2.10 bits per heavy atom. The zero-order chi connectivity index (χ0) is 14.2. The van der Waals surface area contributed by atoms with Crippen LogP contribution in [0.25, 0.3) is 10.6 Å². The van der Waals surface area contributed by atoms with E-state index < -0.39 is 9.84 Å². The standard InChI is InChI=1S/C15H17NO2S2/c1-2-5-11-6-3-4-7-12(11)15-16-13-8-9-20(17,18)10-14(13)19-15/h3-4,6-7H,2,5,8-10H2,1H3. The molecule has 2 heterocycles. The van der Waals surface area contributed by atoms with Crippen LogP contribution in [0.15, 0.2) is 24.3 Å². The molecule has 0 saturated carbocycles. The molecule has 0 fully saturated rings. The SMILES string of the molecule is CCCc1ccccc1-c1nc2c(s1)CS(=O)(=O)CC2. The molecule has 0 spiro atoms. The van der Waals surface area contributed by atoms with Crippen molar-refractivity contribution in [3.05, 3.63) is 40.4 Å². The predicted octanol–water partition coefficient (Wildman–Crippen LogP) is 3.23. The fourth-order valence-corrected chi connectivity index (χ4v) is 5.50. The first kappa shape index (κ1) is 13.8. The third-order valence-electron chi connectivity index (χ3n) is 3.55. The maximum absolute atomic E-state index is 11.7. The van der Waals surface area contributed by atoms with E-state index in [1.54, 1.807) is 11.3 Å². The number of fused-ring (bicyclic) bond motifs is 1. The summed E-state index contributed by atoms with van der Waals surface area (Å²) in [5.41, 5.74) is 3.43. The monoisotopic (exact) mass is 307 g/mol. The van der Waals surface area contributed by atoms with Gasteiger partial charge in [0.2, 0.25) is 0 Å². The van der Waals surface area contributed by atoms with Gasteiger partial charge in [-0.1, -0.05) is 37.6 Å². The molecule has 5 heteroatoms. The number of benzene rings is 1. The minimum absolute atomic E-state index is 0.163. The van der Waals surface area contributed by atoms with Crippen LogP contribution in [0, 0.1) is 0 Å². The number of rotatable bonds is 3. The Labute approximate surface area is 123 Å². The predicted molar refractivity (Wildman–Crippen MR) is 82.7 cm³/mol. The molecule has 20 heavy (non-hydrogen) atoms. The summed E-state index contributed by atoms with van der Waals surface area (Å²) in [7, 11) is -2.91. The van der Waals surface area contributed by atoms with Crippen molar-refractivity contribution >= 4 is 21.2 Å². The number of hydrogen-bond acceptors (Lipinski definition) is 4. The van der Waals surface area contributed by atoms with Crippen molar-refractivity contribution in [2.75, 3.05) is 5.75 Å². The van der Waals surface area contributed by atoms with E-state index in [0.717, 1.165) is 34.0 Å². The fraction of sp³-hybridized carbons (Fsp3) is 0.400. The van der Waals surface area contributed by atoms with E-state index in [2.05, 4.69) is 24.0 Å². The maximum atomic E-state index is 11.7. The van der Waals surface area contributed by atoms with E-state index >= 15 is 0 Å². The Morgan fingerprint density at radius 3 is 2.90 bits per heavy atom. The van der Waals surface area contributed by atoms with Crippen molar-refractivity contribution in [3.8, 4) is 10.6 Å². The molecule has 106 valence electrons. The van der Waals surface area contributed by atoms with E-state index in [1.807, 2.05) is 12.1 Å². The third kappa shape index (κ3) is 2.65. The van der Waals surface area contributed by atoms with Gasteiger partial charge in [0, 0.05) is 16.9 Å². The van der Waals surface area contributed by atoms with Gasteiger partial charge < -0.3 is 0 Å². The van der Waals surface area contributed by atoms with Crippen molar-refractivity contribution in [1.82, 2.24) is 4.98 Å². The average molecular weight is 307 g/mol. The van der Waals surface area contributed by atoms with Crippen LogP contribution in [0.1, 0.15) is 29.5 Å². The first-order valence-electron chi connectivity index (χ1n) is 6.86. The number of thiazole rings is 1. The lowest BCUT2D eigenvalue weighted by Gasteiger charge is -2.09. The molecule has 0 aliphatic carbocycles. The molecule has 0 saturated heterocycles. The van der Waals surface area contributed by atoms with Crippen LogP contribution >= 0.6 is 11.3 Å². The lowest BCUT2D eigenvalue weighted by molar-refractivity contribution is 0.591. The van der Waals surface area contributed by atoms with Crippen molar-refractivity contribution in [1.29, 1.82) is 0 Å². The molecule has 0 radical (unpaired) electrons. The van der Waals surface area contributed by atoms with Gasteiger partial charge in [0.25, 0.3) is 0 Å². The van der Waals surface area contributed by atoms with E-state index in [1.165, 1.54) is 5.56 Å². The minimum Gasteiger partial charge on any atom is -0.241 e. The highest BCUT2D eigenvalue weighted by Crippen LogP contribution is 2.34. The largest absolute Gasteiger partial charge is 0.241 e. The second-order valence-electron chi connectivity index (χ2n) is 5.14. The number of aromatic nitrogens is 1. The lowest BCUT2D eigenvalue weighted by atomic mass is 10.0. The van der Waals surface area contributed by atoms with Gasteiger partial charge in [-0.15, -0.1) is 11.3 Å². The van der Waals surface area contributed by atoms with E-state index in [9.17, 15) is 8.42 Å². The minimum atomic E-state index is -2.91. The van der Waals surface area contributed by atoms with Gasteiger partial charge >= 0.3 is 0 Å². The molecule has 3 nitrogen and oxygen atoms in total. The number of aryl methyl sites for hydroxylation is 2. The van der Waals surface area contributed by atoms with Gasteiger partial charge in [-0.25, -0.2) is 13.4 Å². The number of sulfone groups is 1. The zero-order valence-corrected chi connectivity index (χ0v) is 13.1. The Balaban J connectivity index is 2.03. The van der Waals surface area contributed by atoms with Crippen LogP contribution < -0.4 is 0 Å².